The molecule has 1 aromatic carbocycles. The maximum atomic E-state index is 12.4. The highest BCUT2D eigenvalue weighted by Gasteiger charge is 2.28. The number of methoxy groups -OCH3 is 1. The molecular formula is C17H23NO3. The maximum absolute atomic E-state index is 12.4. The molecule has 21 heavy (non-hydrogen) atoms. The van der Waals surface area contributed by atoms with Crippen molar-refractivity contribution in [3.63, 3.8) is 0 Å². The van der Waals surface area contributed by atoms with Gasteiger partial charge in [-0.05, 0) is 44.9 Å². The molecule has 114 valence electrons. The van der Waals surface area contributed by atoms with Crippen LogP contribution in [0.3, 0.4) is 0 Å². The highest BCUT2D eigenvalue weighted by atomic mass is 16.6. The molecule has 4 nitrogen and oxygen atoms in total. The first-order valence-electron chi connectivity index (χ1n) is 7.18. The molecule has 0 heterocycles. The van der Waals surface area contributed by atoms with Crippen molar-refractivity contribution in [2.45, 2.75) is 45.4 Å². The molecule has 1 amide bonds. The van der Waals surface area contributed by atoms with Gasteiger partial charge in [0, 0.05) is 6.54 Å². The first-order valence-corrected chi connectivity index (χ1v) is 7.18. The highest BCUT2D eigenvalue weighted by molar-refractivity contribution is 5.69. The first kappa shape index (κ1) is 15.4. The van der Waals surface area contributed by atoms with Gasteiger partial charge in [-0.15, -0.1) is 0 Å². The number of carbonyl (C=O) groups excluding carboxylic acids is 1. The van der Waals surface area contributed by atoms with Crippen LogP contribution in [-0.2, 0) is 11.3 Å². The lowest BCUT2D eigenvalue weighted by atomic mass is 10.0. The summed E-state index contributed by atoms with van der Waals surface area (Å²) in [5, 5.41) is 0. The Bertz CT molecular complexity index is 514. The van der Waals surface area contributed by atoms with Crippen LogP contribution in [0, 0.1) is 0 Å². The van der Waals surface area contributed by atoms with Crippen molar-refractivity contribution >= 4 is 6.09 Å². The smallest absolute Gasteiger partial charge is 0.411 e. The van der Waals surface area contributed by atoms with Gasteiger partial charge in [-0.1, -0.05) is 24.3 Å². The van der Waals surface area contributed by atoms with Crippen LogP contribution < -0.4 is 4.74 Å². The molecule has 0 unspecified atom stereocenters. The molecule has 0 N–H and O–H groups in total. The average molecular weight is 289 g/mol. The Hall–Kier alpha value is -1.97. The van der Waals surface area contributed by atoms with Crippen molar-refractivity contribution in [2.24, 2.45) is 0 Å². The van der Waals surface area contributed by atoms with Crippen molar-refractivity contribution in [2.75, 3.05) is 7.11 Å². The fourth-order valence-electron chi connectivity index (χ4n) is 2.05. The van der Waals surface area contributed by atoms with Gasteiger partial charge in [0.15, 0.2) is 0 Å². The van der Waals surface area contributed by atoms with E-state index in [4.69, 9.17) is 9.47 Å². The summed E-state index contributed by atoms with van der Waals surface area (Å²) in [5.41, 5.74) is 0.574. The van der Waals surface area contributed by atoms with E-state index < -0.39 is 5.60 Å². The van der Waals surface area contributed by atoms with E-state index >= 15 is 0 Å². The number of rotatable bonds is 4. The maximum Gasteiger partial charge on any atom is 0.411 e. The lowest BCUT2D eigenvalue weighted by molar-refractivity contribution is 0.0169. The number of hydrogen-bond donors (Lipinski definition) is 0. The fourth-order valence-corrected chi connectivity index (χ4v) is 2.05. The monoisotopic (exact) mass is 289 g/mol. The first-order chi connectivity index (χ1) is 9.89. The van der Waals surface area contributed by atoms with E-state index in [0.29, 0.717) is 6.54 Å². The summed E-state index contributed by atoms with van der Waals surface area (Å²) in [6, 6.07) is 7.87. The van der Waals surface area contributed by atoms with Crippen LogP contribution in [0.15, 0.2) is 36.4 Å². The fraction of sp³-hybridized carbons (Fsp3) is 0.471. The minimum atomic E-state index is -0.483. The number of benzene rings is 1. The predicted octanol–water partition coefficient (Wildman–Crippen LogP) is 3.76. The van der Waals surface area contributed by atoms with Crippen LogP contribution >= 0.6 is 0 Å². The number of hydrogen-bond acceptors (Lipinski definition) is 3. The number of nitrogens with zero attached hydrogens (tertiary/aromatic N) is 1. The van der Waals surface area contributed by atoms with Crippen molar-refractivity contribution in [3.05, 3.63) is 42.0 Å². The molecule has 0 fully saturated rings. The van der Waals surface area contributed by atoms with Gasteiger partial charge in [0.25, 0.3) is 0 Å². The van der Waals surface area contributed by atoms with E-state index in [9.17, 15) is 4.79 Å². The Labute approximate surface area is 126 Å². The zero-order valence-corrected chi connectivity index (χ0v) is 13.1. The van der Waals surface area contributed by atoms with Crippen molar-refractivity contribution in [1.82, 2.24) is 4.90 Å². The van der Waals surface area contributed by atoms with Gasteiger partial charge in [-0.25, -0.2) is 4.79 Å². The van der Waals surface area contributed by atoms with Gasteiger partial charge in [0.2, 0.25) is 0 Å². The minimum Gasteiger partial charge on any atom is -0.497 e. The second-order valence-corrected chi connectivity index (χ2v) is 6.19. The van der Waals surface area contributed by atoms with Crippen molar-refractivity contribution in [1.29, 1.82) is 0 Å². The van der Waals surface area contributed by atoms with Gasteiger partial charge in [0.1, 0.15) is 11.4 Å². The molecule has 2 rings (SSSR count). The summed E-state index contributed by atoms with van der Waals surface area (Å²) in [5.74, 6) is 0.811. The molecule has 0 saturated carbocycles. The summed E-state index contributed by atoms with van der Waals surface area (Å²) in [7, 11) is 1.64. The topological polar surface area (TPSA) is 38.8 Å². The number of amides is 1. The molecule has 0 aromatic heterocycles. The van der Waals surface area contributed by atoms with Gasteiger partial charge in [0.05, 0.1) is 13.2 Å². The molecule has 0 spiro atoms. The van der Waals surface area contributed by atoms with E-state index in [1.54, 1.807) is 12.0 Å². The zero-order chi connectivity index (χ0) is 15.5. The second kappa shape index (κ2) is 6.20. The standard InChI is InChI=1S/C17H23NO3/c1-17(2,3)21-16(19)18(14-6-5-7-14)12-13-8-10-15(20-4)11-9-13/h5-6,8-11,14H,7,12H2,1-4H3/t14-/m1/s1. The summed E-state index contributed by atoms with van der Waals surface area (Å²) >= 11 is 0. The summed E-state index contributed by atoms with van der Waals surface area (Å²) in [4.78, 5) is 14.1. The Morgan fingerprint density at radius 1 is 1.29 bits per heavy atom. The Kier molecular flexibility index (Phi) is 4.56. The number of carbonyl (C=O) groups is 1. The molecule has 0 radical (unpaired) electrons. The average Bonchev–Trinajstić information content (AvgIpc) is 2.34. The van der Waals surface area contributed by atoms with Crippen LogP contribution in [0.25, 0.3) is 0 Å². The van der Waals surface area contributed by atoms with E-state index in [-0.39, 0.29) is 12.1 Å². The lowest BCUT2D eigenvalue weighted by Gasteiger charge is -2.34. The molecule has 1 atom stereocenters. The minimum absolute atomic E-state index is 0.127. The normalized spacial score (nSPS) is 17.0. The van der Waals surface area contributed by atoms with E-state index in [0.717, 1.165) is 17.7 Å². The van der Waals surface area contributed by atoms with Crippen molar-refractivity contribution < 1.29 is 14.3 Å². The van der Waals surface area contributed by atoms with Crippen LogP contribution in [0.2, 0.25) is 0 Å². The summed E-state index contributed by atoms with van der Waals surface area (Å²) < 4.78 is 10.7. The molecule has 4 heteroatoms. The van der Waals surface area contributed by atoms with Crippen LogP contribution in [-0.4, -0.2) is 29.7 Å². The third-order valence-electron chi connectivity index (χ3n) is 3.28. The van der Waals surface area contributed by atoms with Crippen LogP contribution in [0.4, 0.5) is 4.79 Å². The summed E-state index contributed by atoms with van der Waals surface area (Å²) in [6.07, 6.45) is 4.71. The largest absolute Gasteiger partial charge is 0.497 e. The van der Waals surface area contributed by atoms with Crippen molar-refractivity contribution in [3.8, 4) is 5.75 Å². The molecular weight excluding hydrogens is 266 g/mol. The van der Waals surface area contributed by atoms with E-state index in [2.05, 4.69) is 6.08 Å². The molecule has 0 bridgehead atoms. The molecule has 1 aromatic rings. The van der Waals surface area contributed by atoms with Gasteiger partial charge in [-0.2, -0.15) is 0 Å². The third kappa shape index (κ3) is 4.25. The highest BCUT2D eigenvalue weighted by Crippen LogP contribution is 2.23. The SMILES string of the molecule is COc1ccc(CN(C(=O)OC(C)(C)C)[C@@H]2C=CC2)cc1. The quantitative estimate of drug-likeness (QED) is 0.792. The van der Waals surface area contributed by atoms with E-state index in [1.165, 1.54) is 0 Å². The van der Waals surface area contributed by atoms with Gasteiger partial charge < -0.3 is 9.47 Å². The van der Waals surface area contributed by atoms with Crippen LogP contribution in [0.5, 0.6) is 5.75 Å². The predicted molar refractivity (Wildman–Crippen MR) is 82.3 cm³/mol. The van der Waals surface area contributed by atoms with Gasteiger partial charge >= 0.3 is 6.09 Å². The lowest BCUT2D eigenvalue weighted by Crippen LogP contribution is -2.43. The zero-order valence-electron chi connectivity index (χ0n) is 13.1. The molecule has 0 saturated heterocycles. The Balaban J connectivity index is 2.09. The van der Waals surface area contributed by atoms with E-state index in [1.807, 2.05) is 51.1 Å². The van der Waals surface area contributed by atoms with Crippen LogP contribution in [0.1, 0.15) is 32.8 Å². The number of ether oxygens (including phenoxy) is 2. The molecule has 1 aliphatic rings. The molecule has 1 aliphatic carbocycles. The van der Waals surface area contributed by atoms with Gasteiger partial charge in [-0.3, -0.25) is 4.90 Å². The Morgan fingerprint density at radius 2 is 1.90 bits per heavy atom. The molecule has 0 aliphatic heterocycles. The Morgan fingerprint density at radius 3 is 2.33 bits per heavy atom. The summed E-state index contributed by atoms with van der Waals surface area (Å²) in [6.45, 7) is 6.18. The third-order valence-corrected chi connectivity index (χ3v) is 3.28. The second-order valence-electron chi connectivity index (χ2n) is 6.19.